The first kappa shape index (κ1) is 20.4. The van der Waals surface area contributed by atoms with Gasteiger partial charge in [0, 0.05) is 5.56 Å². The summed E-state index contributed by atoms with van der Waals surface area (Å²) in [5.41, 5.74) is -1.25. The minimum absolute atomic E-state index is 0.0805. The minimum atomic E-state index is -1.20. The van der Waals surface area contributed by atoms with Gasteiger partial charge in [0.15, 0.2) is 6.04 Å². The van der Waals surface area contributed by atoms with Crippen LogP contribution in [0.3, 0.4) is 0 Å². The summed E-state index contributed by atoms with van der Waals surface area (Å²) in [6, 6.07) is 3.01. The van der Waals surface area contributed by atoms with Crippen molar-refractivity contribution in [1.82, 2.24) is 5.32 Å². The molecule has 134 valence electrons. The molecule has 0 spiro atoms. The second-order valence-corrected chi connectivity index (χ2v) is 8.05. The molecule has 1 aromatic rings. The van der Waals surface area contributed by atoms with Crippen molar-refractivity contribution in [2.45, 2.75) is 58.8 Å². The van der Waals surface area contributed by atoms with Gasteiger partial charge in [0.05, 0.1) is 4.47 Å². The number of carbonyl (C=O) groups is 2. The van der Waals surface area contributed by atoms with Gasteiger partial charge in [-0.1, -0.05) is 12.1 Å². The third kappa shape index (κ3) is 6.47. The molecule has 0 saturated carbocycles. The van der Waals surface area contributed by atoms with E-state index in [0.717, 1.165) is 0 Å². The fourth-order valence-corrected chi connectivity index (χ4v) is 2.29. The van der Waals surface area contributed by atoms with Crippen LogP contribution < -0.4 is 5.32 Å². The second kappa shape index (κ2) is 7.51. The molecular weight excluding hydrogens is 381 g/mol. The third-order valence-electron chi connectivity index (χ3n) is 2.60. The Kier molecular flexibility index (Phi) is 6.38. The van der Waals surface area contributed by atoms with Crippen molar-refractivity contribution < 1.29 is 23.5 Å². The van der Waals surface area contributed by atoms with Gasteiger partial charge in [-0.25, -0.2) is 14.0 Å². The number of alkyl carbamates (subject to hydrolysis) is 1. The second-order valence-electron chi connectivity index (χ2n) is 7.26. The van der Waals surface area contributed by atoms with E-state index in [9.17, 15) is 14.0 Å². The lowest BCUT2D eigenvalue weighted by Crippen LogP contribution is -2.40. The highest BCUT2D eigenvalue weighted by molar-refractivity contribution is 9.10. The molecule has 1 atom stereocenters. The Morgan fingerprint density at radius 3 is 2.12 bits per heavy atom. The van der Waals surface area contributed by atoms with Crippen molar-refractivity contribution in [3.05, 3.63) is 34.1 Å². The van der Waals surface area contributed by atoms with Crippen molar-refractivity contribution in [1.29, 1.82) is 0 Å². The smallest absolute Gasteiger partial charge is 0.408 e. The predicted octanol–water partition coefficient (Wildman–Crippen LogP) is 4.50. The Morgan fingerprint density at radius 2 is 1.62 bits per heavy atom. The van der Waals surface area contributed by atoms with Crippen LogP contribution in [0.1, 0.15) is 53.1 Å². The summed E-state index contributed by atoms with van der Waals surface area (Å²) < 4.78 is 24.4. The van der Waals surface area contributed by atoms with E-state index in [2.05, 4.69) is 21.2 Å². The summed E-state index contributed by atoms with van der Waals surface area (Å²) in [6.45, 7) is 10.2. The molecule has 0 fully saturated rings. The summed E-state index contributed by atoms with van der Waals surface area (Å²) in [5, 5.41) is 2.45. The molecule has 0 aliphatic heterocycles. The Hall–Kier alpha value is -1.63. The van der Waals surface area contributed by atoms with Crippen LogP contribution in [-0.2, 0) is 14.3 Å². The van der Waals surface area contributed by atoms with Gasteiger partial charge >= 0.3 is 12.1 Å². The SMILES string of the molecule is CC(C)(C)OC(=O)NC(C(=O)OC(C)(C)C)c1cccc(F)c1Br. The van der Waals surface area contributed by atoms with Crippen LogP contribution in [0, 0.1) is 5.82 Å². The van der Waals surface area contributed by atoms with Crippen LogP contribution in [0.2, 0.25) is 0 Å². The molecule has 1 unspecified atom stereocenters. The van der Waals surface area contributed by atoms with Crippen LogP contribution in [0.25, 0.3) is 0 Å². The summed E-state index contributed by atoms with van der Waals surface area (Å²) in [5.74, 6) is -1.26. The van der Waals surface area contributed by atoms with Gasteiger partial charge in [0.1, 0.15) is 17.0 Å². The monoisotopic (exact) mass is 403 g/mol. The molecule has 5 nitrogen and oxygen atoms in total. The zero-order valence-corrected chi connectivity index (χ0v) is 16.3. The van der Waals surface area contributed by atoms with Crippen molar-refractivity contribution in [2.75, 3.05) is 0 Å². The number of amides is 1. The fourth-order valence-electron chi connectivity index (χ4n) is 1.79. The van der Waals surface area contributed by atoms with E-state index in [-0.39, 0.29) is 10.0 Å². The Labute approximate surface area is 150 Å². The zero-order chi connectivity index (χ0) is 18.7. The van der Waals surface area contributed by atoms with Gasteiger partial charge in [0.25, 0.3) is 0 Å². The Bertz CT molecular complexity index is 620. The Balaban J connectivity index is 3.15. The Morgan fingerprint density at radius 1 is 1.08 bits per heavy atom. The average Bonchev–Trinajstić information content (AvgIpc) is 2.35. The number of hydrogen-bond acceptors (Lipinski definition) is 4. The largest absolute Gasteiger partial charge is 0.458 e. The van der Waals surface area contributed by atoms with E-state index in [0.29, 0.717) is 0 Å². The maximum atomic E-state index is 13.8. The van der Waals surface area contributed by atoms with E-state index >= 15 is 0 Å². The van der Waals surface area contributed by atoms with E-state index in [4.69, 9.17) is 9.47 Å². The van der Waals surface area contributed by atoms with Crippen LogP contribution in [0.4, 0.5) is 9.18 Å². The van der Waals surface area contributed by atoms with Gasteiger partial charge in [-0.2, -0.15) is 0 Å². The highest BCUT2D eigenvalue weighted by Crippen LogP contribution is 2.28. The van der Waals surface area contributed by atoms with Crippen LogP contribution >= 0.6 is 15.9 Å². The first-order valence-corrected chi connectivity index (χ1v) is 8.26. The van der Waals surface area contributed by atoms with Crippen LogP contribution in [-0.4, -0.2) is 23.3 Å². The van der Waals surface area contributed by atoms with Crippen molar-refractivity contribution in [2.24, 2.45) is 0 Å². The lowest BCUT2D eigenvalue weighted by atomic mass is 10.1. The highest BCUT2D eigenvalue weighted by atomic mass is 79.9. The van der Waals surface area contributed by atoms with Crippen molar-refractivity contribution >= 4 is 28.0 Å². The maximum absolute atomic E-state index is 13.8. The number of benzene rings is 1. The molecule has 0 aromatic heterocycles. The van der Waals surface area contributed by atoms with Gasteiger partial charge in [-0.3, -0.25) is 0 Å². The topological polar surface area (TPSA) is 64.6 Å². The van der Waals surface area contributed by atoms with Gasteiger partial charge in [-0.15, -0.1) is 0 Å². The van der Waals surface area contributed by atoms with E-state index in [1.165, 1.54) is 18.2 Å². The number of esters is 1. The number of nitrogens with one attached hydrogen (secondary N) is 1. The summed E-state index contributed by atoms with van der Waals surface area (Å²) in [7, 11) is 0. The molecule has 1 rings (SSSR count). The fraction of sp³-hybridized carbons (Fsp3) is 0.529. The van der Waals surface area contributed by atoms with E-state index < -0.39 is 35.1 Å². The first-order valence-electron chi connectivity index (χ1n) is 7.46. The van der Waals surface area contributed by atoms with Crippen molar-refractivity contribution in [3.8, 4) is 0 Å². The number of carbonyl (C=O) groups excluding carboxylic acids is 2. The number of ether oxygens (including phenoxy) is 2. The number of hydrogen-bond donors (Lipinski definition) is 1. The third-order valence-corrected chi connectivity index (χ3v) is 3.43. The van der Waals surface area contributed by atoms with Gasteiger partial charge < -0.3 is 14.8 Å². The quantitative estimate of drug-likeness (QED) is 0.754. The minimum Gasteiger partial charge on any atom is -0.458 e. The van der Waals surface area contributed by atoms with E-state index in [1.807, 2.05) is 0 Å². The molecule has 7 heteroatoms. The molecule has 1 amide bonds. The lowest BCUT2D eigenvalue weighted by molar-refractivity contribution is -0.157. The molecule has 0 aliphatic rings. The summed E-state index contributed by atoms with van der Waals surface area (Å²) in [4.78, 5) is 24.5. The molecule has 0 aliphatic carbocycles. The van der Waals surface area contributed by atoms with Gasteiger partial charge in [-0.05, 0) is 63.5 Å². The first-order chi connectivity index (χ1) is 10.8. The molecule has 24 heavy (non-hydrogen) atoms. The molecule has 0 bridgehead atoms. The summed E-state index contributed by atoms with van der Waals surface area (Å²) in [6.07, 6.45) is -0.797. The van der Waals surface area contributed by atoms with E-state index in [1.54, 1.807) is 41.5 Å². The maximum Gasteiger partial charge on any atom is 0.408 e. The van der Waals surface area contributed by atoms with Crippen molar-refractivity contribution in [3.63, 3.8) is 0 Å². The standard InChI is InChI=1S/C17H23BrFNO4/c1-16(2,3)23-14(21)13(20-15(22)24-17(4,5)6)10-8-7-9-11(19)12(10)18/h7-9,13H,1-6H3,(H,20,22). The normalized spacial score (nSPS) is 13.2. The zero-order valence-electron chi connectivity index (χ0n) is 14.7. The van der Waals surface area contributed by atoms with Gasteiger partial charge in [0.2, 0.25) is 0 Å². The molecule has 1 N–H and O–H groups in total. The molecule has 0 radical (unpaired) electrons. The molecule has 1 aromatic carbocycles. The average molecular weight is 404 g/mol. The molecular formula is C17H23BrFNO4. The predicted molar refractivity (Wildman–Crippen MR) is 92.1 cm³/mol. The highest BCUT2D eigenvalue weighted by Gasteiger charge is 2.31. The molecule has 0 saturated heterocycles. The van der Waals surface area contributed by atoms with Crippen LogP contribution in [0.5, 0.6) is 0 Å². The van der Waals surface area contributed by atoms with Crippen LogP contribution in [0.15, 0.2) is 22.7 Å². The summed E-state index contributed by atoms with van der Waals surface area (Å²) >= 11 is 3.11. The number of rotatable bonds is 3. The number of halogens is 2. The molecule has 0 heterocycles. The lowest BCUT2D eigenvalue weighted by Gasteiger charge is -2.27.